The average Bonchev–Trinajstić information content (AvgIpc) is 1.19. The van der Waals surface area contributed by atoms with E-state index in [1.165, 1.54) is 0 Å². The minimum atomic E-state index is 0.109. The van der Waals surface area contributed by atoms with Gasteiger partial charge in [-0.25, -0.2) is 0 Å². The van der Waals surface area contributed by atoms with Crippen molar-refractivity contribution < 1.29 is 37.9 Å². The van der Waals surface area contributed by atoms with Gasteiger partial charge in [0.05, 0.1) is 0 Å². The quantitative estimate of drug-likeness (QED) is 0.149. The molecule has 8 heteroatoms. The highest BCUT2D eigenvalue weighted by atomic mass is 16.7. The molecule has 0 atom stereocenters. The Bertz CT molecular complexity index is 4940. The molecule has 16 aromatic carbocycles. The molecule has 0 N–H and O–H groups in total. The zero-order valence-corrected chi connectivity index (χ0v) is 49.2. The van der Waals surface area contributed by atoms with Gasteiger partial charge in [0.1, 0.15) is 46.0 Å². The lowest BCUT2D eigenvalue weighted by Gasteiger charge is -2.17. The topological polar surface area (TPSA) is 73.8 Å². The van der Waals surface area contributed by atoms with E-state index in [9.17, 15) is 0 Å². The second-order valence-electron chi connectivity index (χ2n) is 24.6. The summed E-state index contributed by atoms with van der Waals surface area (Å²) in [5.41, 5.74) is 17.0. The minimum absolute atomic E-state index is 0.109. The van der Waals surface area contributed by atoms with Crippen LogP contribution in [0.4, 0.5) is 0 Å². The third-order valence-corrected chi connectivity index (χ3v) is 19.9. The van der Waals surface area contributed by atoms with Gasteiger partial charge in [-0.15, -0.1) is 0 Å². The van der Waals surface area contributed by atoms with Crippen molar-refractivity contribution in [2.45, 2.75) is 0 Å². The summed E-state index contributed by atoms with van der Waals surface area (Å²) in [6.07, 6.45) is 0. The first kappa shape index (κ1) is 49.9. The lowest BCUT2D eigenvalue weighted by molar-refractivity contribution is 0.124. The highest BCUT2D eigenvalue weighted by molar-refractivity contribution is 6.17. The summed E-state index contributed by atoms with van der Waals surface area (Å²) in [5.74, 6) is 6.29. The van der Waals surface area contributed by atoms with Gasteiger partial charge >= 0.3 is 0 Å². The Morgan fingerprint density at radius 3 is 0.402 bits per heavy atom. The maximum Gasteiger partial charge on any atom is 0.230 e. The van der Waals surface area contributed by atoms with Crippen molar-refractivity contribution in [1.29, 1.82) is 0 Å². The van der Waals surface area contributed by atoms with Gasteiger partial charge in [0.25, 0.3) is 0 Å². The Balaban J connectivity index is 0.769. The van der Waals surface area contributed by atoms with E-state index in [1.54, 1.807) is 0 Å². The molecule has 0 aromatic heterocycles. The highest BCUT2D eigenvalue weighted by Gasteiger charge is 2.28. The van der Waals surface area contributed by atoms with E-state index < -0.39 is 0 Å². The molecule has 0 spiro atoms. The maximum atomic E-state index is 6.41. The fourth-order valence-electron chi connectivity index (χ4n) is 15.6. The van der Waals surface area contributed by atoms with E-state index in [4.69, 9.17) is 37.9 Å². The van der Waals surface area contributed by atoms with Gasteiger partial charge < -0.3 is 37.9 Å². The highest BCUT2D eigenvalue weighted by Crippen LogP contribution is 2.54. The minimum Gasteiger partial charge on any atom is -0.457 e. The number of rotatable bonds is 0. The molecule has 92 heavy (non-hydrogen) atoms. The van der Waals surface area contributed by atoms with Crippen LogP contribution in [-0.2, 0) is 0 Å². The summed E-state index contributed by atoms with van der Waals surface area (Å²) in [5, 5.41) is 17.5. The van der Waals surface area contributed by atoms with E-state index in [0.29, 0.717) is 0 Å². The average molecular weight is 1190 g/mol. The molecular formula is C84H48O8. The monoisotopic (exact) mass is 1180 g/mol. The van der Waals surface area contributed by atoms with Crippen molar-refractivity contribution in [3.05, 3.63) is 243 Å². The molecule has 44 rings (SSSR count). The van der Waals surface area contributed by atoms with Gasteiger partial charge in [-0.05, 0) is 228 Å². The number of benzene rings is 16. The van der Waals surface area contributed by atoms with Crippen molar-refractivity contribution in [2.75, 3.05) is 27.2 Å². The summed E-state index contributed by atoms with van der Waals surface area (Å²) >= 11 is 0. The maximum absolute atomic E-state index is 6.41. The molecule has 4 aliphatic heterocycles. The summed E-state index contributed by atoms with van der Waals surface area (Å²) in [4.78, 5) is 0. The van der Waals surface area contributed by atoms with Crippen LogP contribution in [0.3, 0.4) is 0 Å². The van der Waals surface area contributed by atoms with E-state index in [2.05, 4.69) is 243 Å². The molecular weight excluding hydrogens is 1140 g/mol. The number of ether oxygens (including phenoxy) is 8. The van der Waals surface area contributed by atoms with Crippen molar-refractivity contribution in [2.24, 2.45) is 0 Å². The molecule has 0 unspecified atom stereocenters. The van der Waals surface area contributed by atoms with Crippen LogP contribution in [0.2, 0.25) is 0 Å². The Hall–Kier alpha value is -12.0. The summed E-state index contributed by atoms with van der Waals surface area (Å²) < 4.78 is 51.3. The van der Waals surface area contributed by atoms with Crippen LogP contribution in [-0.4, -0.2) is 27.2 Å². The Kier molecular flexibility index (Phi) is 10.2. The second kappa shape index (κ2) is 18.8. The molecule has 16 aromatic rings. The van der Waals surface area contributed by atoms with E-state index in [-0.39, 0.29) is 27.2 Å². The molecule has 0 fully saturated rings. The van der Waals surface area contributed by atoms with Crippen molar-refractivity contribution in [3.8, 4) is 135 Å². The second-order valence-corrected chi connectivity index (χ2v) is 24.6. The number of hydrogen-bond donors (Lipinski definition) is 0. The van der Waals surface area contributed by atoms with Crippen molar-refractivity contribution >= 4 is 86.2 Å². The first-order chi connectivity index (χ1) is 45.5. The van der Waals surface area contributed by atoms with Gasteiger partial charge in [-0.2, -0.15) is 0 Å². The Labute approximate surface area is 526 Å². The van der Waals surface area contributed by atoms with Gasteiger partial charge in [-0.1, -0.05) is 146 Å². The van der Waals surface area contributed by atoms with Crippen molar-refractivity contribution in [1.82, 2.24) is 0 Å². The Morgan fingerprint density at radius 1 is 0.141 bits per heavy atom. The zero-order valence-electron chi connectivity index (χ0n) is 49.2. The normalized spacial score (nSPS) is 13.7. The fourth-order valence-corrected chi connectivity index (χ4v) is 15.6. The van der Waals surface area contributed by atoms with Crippen molar-refractivity contribution in [3.63, 3.8) is 0 Å². The standard InChI is InChI=1S/C84H48O8/c1-17-61-53-9-25-69-77(61)78-63-19-3-47(35-55(63)11-27-70(78)86-41-85-69)48-5-21-65-57(36-48)13-29-73-81(65)82-67-23-7-51(39-59(67)15-31-74(82)90-43-89-73)52-8-24-68-60(40-52)16-32-76-84(68)83-66-22-6-50(38-58(66)14-30-75(83)91-44-92-76)49-4-20-64-56(37-49)12-28-72-80(64)79-62-18-2-46(45(1)33-53)34-54(62)10-26-71(79)87-42-88-72/h1-40H,41-44H2. The molecule has 0 saturated heterocycles. The summed E-state index contributed by atoms with van der Waals surface area (Å²) in [6, 6.07) is 88.2. The van der Waals surface area contributed by atoms with Crippen LogP contribution in [0, 0.1) is 0 Å². The van der Waals surface area contributed by atoms with E-state index >= 15 is 0 Å². The van der Waals surface area contributed by atoms with Gasteiger partial charge in [0.2, 0.25) is 27.2 Å². The number of hydrogen-bond acceptors (Lipinski definition) is 8. The third-order valence-electron chi connectivity index (χ3n) is 19.9. The third kappa shape index (κ3) is 7.28. The van der Waals surface area contributed by atoms with Crippen LogP contribution >= 0.6 is 0 Å². The van der Waals surface area contributed by atoms with Crippen LogP contribution in [0.25, 0.3) is 175 Å². The fraction of sp³-hybridized carbons (Fsp3) is 0.0476. The van der Waals surface area contributed by atoms with Crippen LogP contribution in [0.1, 0.15) is 0 Å². The summed E-state index contributed by atoms with van der Waals surface area (Å²) in [7, 11) is 0. The largest absolute Gasteiger partial charge is 0.457 e. The molecule has 8 nitrogen and oxygen atoms in total. The SMILES string of the molecule is c1cc2c3c4ccc2cc1-c1ccc2c5c(ccc2c1)OCOc1ccc2cc(ccc2c1-5)-c1ccc2c5c(ccc2c1)OCOc1ccc2cc(ccc2c1-5)-c1ccc2c5c(ccc2c1)OCOc1ccc2cc(ccc2c1-5)-c1ccc2c-3c(ccc2c1)OCO4. The molecule has 0 radical (unpaired) electrons. The zero-order chi connectivity index (χ0) is 59.9. The van der Waals surface area contributed by atoms with Crippen LogP contribution < -0.4 is 37.9 Å². The van der Waals surface area contributed by atoms with E-state index in [1.807, 2.05) is 0 Å². The first-order valence-corrected chi connectivity index (χ1v) is 31.1. The molecule has 28 aliphatic rings. The molecule has 24 aliphatic carbocycles. The van der Waals surface area contributed by atoms with Gasteiger partial charge in [0, 0.05) is 44.5 Å². The lowest BCUT2D eigenvalue weighted by Crippen LogP contribution is -2.03. The van der Waals surface area contributed by atoms with E-state index in [0.717, 1.165) is 221 Å². The molecule has 4 heterocycles. The van der Waals surface area contributed by atoms with Gasteiger partial charge in [0.15, 0.2) is 0 Å². The van der Waals surface area contributed by atoms with Crippen LogP contribution in [0.5, 0.6) is 46.0 Å². The predicted molar refractivity (Wildman–Crippen MR) is 368 cm³/mol. The first-order valence-electron chi connectivity index (χ1n) is 31.1. The molecule has 32 bridgehead atoms. The molecule has 0 saturated carbocycles. The molecule has 432 valence electrons. The smallest absolute Gasteiger partial charge is 0.230 e. The molecule has 0 amide bonds. The van der Waals surface area contributed by atoms with Crippen LogP contribution in [0.15, 0.2) is 243 Å². The lowest BCUT2D eigenvalue weighted by atomic mass is 9.88. The Morgan fingerprint density at radius 2 is 0.272 bits per heavy atom. The predicted octanol–water partition coefficient (Wildman–Crippen LogP) is 21.5. The summed E-state index contributed by atoms with van der Waals surface area (Å²) in [6.45, 7) is 0.438. The van der Waals surface area contributed by atoms with Gasteiger partial charge in [-0.3, -0.25) is 0 Å².